The molecule has 2 aliphatic rings. The highest BCUT2D eigenvalue weighted by atomic mass is 16.6. The van der Waals surface area contributed by atoms with E-state index in [0.29, 0.717) is 29.7 Å². The van der Waals surface area contributed by atoms with Crippen molar-refractivity contribution >= 4 is 28.8 Å². The zero-order valence-corrected chi connectivity index (χ0v) is 19.3. The summed E-state index contributed by atoms with van der Waals surface area (Å²) in [5.74, 6) is -0.227. The molecule has 1 N–H and O–H groups in total. The number of anilines is 2. The van der Waals surface area contributed by atoms with Crippen LogP contribution in [0.4, 0.5) is 17.1 Å². The van der Waals surface area contributed by atoms with Crippen LogP contribution >= 0.6 is 0 Å². The first-order valence-corrected chi connectivity index (χ1v) is 11.7. The van der Waals surface area contributed by atoms with Crippen molar-refractivity contribution in [3.63, 3.8) is 0 Å². The maximum Gasteiger partial charge on any atom is 0.269 e. The Bertz CT molecular complexity index is 1350. The van der Waals surface area contributed by atoms with Gasteiger partial charge in [-0.3, -0.25) is 24.6 Å². The number of hydrogen-bond donors (Lipinski definition) is 1. The van der Waals surface area contributed by atoms with Crippen molar-refractivity contribution in [2.45, 2.75) is 38.1 Å². The Hall–Kier alpha value is -4.26. The summed E-state index contributed by atoms with van der Waals surface area (Å²) in [7, 11) is 0. The van der Waals surface area contributed by atoms with Crippen molar-refractivity contribution in [1.82, 2.24) is 0 Å². The molecule has 3 aromatic carbocycles. The molecule has 3 aromatic rings. The second-order valence-electron chi connectivity index (χ2n) is 8.85. The van der Waals surface area contributed by atoms with Gasteiger partial charge in [0.05, 0.1) is 22.3 Å². The molecule has 1 heterocycles. The Labute approximate surface area is 203 Å². The predicted octanol–water partition coefficient (Wildman–Crippen LogP) is 5.91. The van der Waals surface area contributed by atoms with E-state index in [9.17, 15) is 19.7 Å². The number of para-hydroxylation sites is 2. The summed E-state index contributed by atoms with van der Waals surface area (Å²) < 4.78 is 0. The fourth-order valence-corrected chi connectivity index (χ4v) is 5.12. The van der Waals surface area contributed by atoms with Crippen LogP contribution in [0, 0.1) is 10.1 Å². The van der Waals surface area contributed by atoms with E-state index >= 15 is 0 Å². The van der Waals surface area contributed by atoms with Crippen molar-refractivity contribution < 1.29 is 14.5 Å². The molecule has 7 nitrogen and oxygen atoms in total. The minimum Gasteiger partial charge on any atom is -0.357 e. The highest BCUT2D eigenvalue weighted by molar-refractivity contribution is 6.06. The number of nitrogens with zero attached hydrogens (tertiary/aromatic N) is 2. The number of non-ortho nitro benzene ring substituents is 1. The van der Waals surface area contributed by atoms with Crippen molar-refractivity contribution in [2.75, 3.05) is 10.2 Å². The van der Waals surface area contributed by atoms with Gasteiger partial charge in [-0.2, -0.15) is 0 Å². The van der Waals surface area contributed by atoms with Gasteiger partial charge in [-0.05, 0) is 35.6 Å². The van der Waals surface area contributed by atoms with Crippen molar-refractivity contribution in [2.24, 2.45) is 0 Å². The van der Waals surface area contributed by atoms with Crippen LogP contribution < -0.4 is 10.2 Å². The summed E-state index contributed by atoms with van der Waals surface area (Å²) in [6.07, 6.45) is 1.13. The number of nitro benzene ring substituents is 1. The molecule has 0 fully saturated rings. The number of carbonyl (C=O) groups excluding carboxylic acids is 2. The molecule has 2 atom stereocenters. The van der Waals surface area contributed by atoms with Crippen LogP contribution in [0.2, 0.25) is 0 Å². The van der Waals surface area contributed by atoms with Crippen molar-refractivity contribution in [3.05, 3.63) is 111 Å². The molecule has 0 aromatic heterocycles. The fourth-order valence-electron chi connectivity index (χ4n) is 5.12. The summed E-state index contributed by atoms with van der Waals surface area (Å²) >= 11 is 0. The van der Waals surface area contributed by atoms with Gasteiger partial charge in [0.15, 0.2) is 5.78 Å². The first kappa shape index (κ1) is 22.5. The Balaban J connectivity index is 1.73. The van der Waals surface area contributed by atoms with E-state index in [2.05, 4.69) is 5.32 Å². The molecule has 0 radical (unpaired) electrons. The van der Waals surface area contributed by atoms with E-state index in [1.807, 2.05) is 54.6 Å². The van der Waals surface area contributed by atoms with Crippen LogP contribution in [-0.4, -0.2) is 16.6 Å². The van der Waals surface area contributed by atoms with Crippen LogP contribution in [-0.2, 0) is 9.59 Å². The molecule has 176 valence electrons. The van der Waals surface area contributed by atoms with Gasteiger partial charge in [0.1, 0.15) is 0 Å². The molecule has 0 unspecified atom stereocenters. The molecule has 5 rings (SSSR count). The topological polar surface area (TPSA) is 92.6 Å². The van der Waals surface area contributed by atoms with Crippen LogP contribution in [0.5, 0.6) is 0 Å². The number of nitrogens with one attached hydrogen (secondary N) is 1. The van der Waals surface area contributed by atoms with E-state index in [-0.39, 0.29) is 29.7 Å². The number of rotatable bonds is 4. The minimum absolute atomic E-state index is 0.00120. The SMILES string of the molecule is CCC(=O)N1c2ccccc2NC2=C(C(=O)C[C@@H](c3ccccc3)C2)[C@@H]1c1cccc([N+](=O)[O-])c1. The molecule has 1 amide bonds. The molecule has 1 aliphatic heterocycles. The minimum atomic E-state index is -0.766. The fraction of sp³-hybridized carbons (Fsp3) is 0.214. The van der Waals surface area contributed by atoms with Gasteiger partial charge >= 0.3 is 0 Å². The lowest BCUT2D eigenvalue weighted by molar-refractivity contribution is -0.384. The number of hydrogen-bond acceptors (Lipinski definition) is 5. The predicted molar refractivity (Wildman–Crippen MR) is 134 cm³/mol. The molecule has 35 heavy (non-hydrogen) atoms. The van der Waals surface area contributed by atoms with Gasteiger partial charge in [0.25, 0.3) is 5.69 Å². The number of ketones is 1. The third-order valence-electron chi connectivity index (χ3n) is 6.73. The first-order valence-electron chi connectivity index (χ1n) is 11.7. The zero-order valence-electron chi connectivity index (χ0n) is 19.3. The van der Waals surface area contributed by atoms with E-state index in [4.69, 9.17) is 0 Å². The highest BCUT2D eigenvalue weighted by Crippen LogP contribution is 2.47. The smallest absolute Gasteiger partial charge is 0.269 e. The van der Waals surface area contributed by atoms with Crippen LogP contribution in [0.1, 0.15) is 49.3 Å². The standard InChI is InChI=1S/C28H25N3O4/c1-2-26(33)30-24-14-7-6-13-22(24)29-23-16-20(18-9-4-3-5-10-18)17-25(32)27(23)28(30)19-11-8-12-21(15-19)31(34)35/h3-15,20,28-29H,2,16-17H2,1H3/t20-,28-/m0/s1. The zero-order chi connectivity index (χ0) is 24.5. The molecule has 0 saturated heterocycles. The molecule has 7 heteroatoms. The van der Waals surface area contributed by atoms with E-state index in [0.717, 1.165) is 16.9 Å². The Kier molecular flexibility index (Phi) is 5.91. The number of carbonyl (C=O) groups is 2. The number of Topliss-reactive ketones (excluding diaryl/α,β-unsaturated/α-hetero) is 1. The lowest BCUT2D eigenvalue weighted by atomic mass is 9.78. The lowest BCUT2D eigenvalue weighted by Crippen LogP contribution is -2.38. The maximum absolute atomic E-state index is 13.8. The number of benzene rings is 3. The number of allylic oxidation sites excluding steroid dienone is 1. The van der Waals surface area contributed by atoms with Gasteiger partial charge in [0.2, 0.25) is 5.91 Å². The summed E-state index contributed by atoms with van der Waals surface area (Å²) in [6.45, 7) is 1.77. The second-order valence-corrected chi connectivity index (χ2v) is 8.85. The van der Waals surface area contributed by atoms with Crippen molar-refractivity contribution in [3.8, 4) is 0 Å². The normalized spacial score (nSPS) is 19.3. The number of fused-ring (bicyclic) bond motifs is 1. The maximum atomic E-state index is 13.8. The lowest BCUT2D eigenvalue weighted by Gasteiger charge is -2.35. The molecule has 1 aliphatic carbocycles. The number of amides is 1. The largest absolute Gasteiger partial charge is 0.357 e. The third kappa shape index (κ3) is 4.10. The van der Waals surface area contributed by atoms with Gasteiger partial charge in [-0.15, -0.1) is 0 Å². The van der Waals surface area contributed by atoms with Gasteiger partial charge in [-0.1, -0.05) is 61.5 Å². The first-order chi connectivity index (χ1) is 17.0. The second kappa shape index (κ2) is 9.18. The van der Waals surface area contributed by atoms with Crippen molar-refractivity contribution in [1.29, 1.82) is 0 Å². The molecule has 0 spiro atoms. The van der Waals surface area contributed by atoms with Crippen LogP contribution in [0.15, 0.2) is 90.1 Å². The highest BCUT2D eigenvalue weighted by Gasteiger charge is 2.41. The van der Waals surface area contributed by atoms with Crippen LogP contribution in [0.3, 0.4) is 0 Å². The average molecular weight is 468 g/mol. The summed E-state index contributed by atoms with van der Waals surface area (Å²) in [5.41, 5.74) is 4.18. The molecule has 0 saturated carbocycles. The van der Waals surface area contributed by atoms with Gasteiger partial charge in [0, 0.05) is 36.2 Å². The molecule has 0 bridgehead atoms. The summed E-state index contributed by atoms with van der Waals surface area (Å²) in [5, 5.41) is 15.0. The molecular weight excluding hydrogens is 442 g/mol. The Morgan fingerprint density at radius 3 is 2.46 bits per heavy atom. The van der Waals surface area contributed by atoms with E-state index in [1.165, 1.54) is 12.1 Å². The quantitative estimate of drug-likeness (QED) is 0.381. The number of nitro groups is 1. The van der Waals surface area contributed by atoms with E-state index < -0.39 is 11.0 Å². The Morgan fingerprint density at radius 2 is 1.71 bits per heavy atom. The monoisotopic (exact) mass is 467 g/mol. The van der Waals surface area contributed by atoms with E-state index in [1.54, 1.807) is 24.0 Å². The average Bonchev–Trinajstić information content (AvgIpc) is 3.03. The third-order valence-corrected chi connectivity index (χ3v) is 6.73. The molecular formula is C28H25N3O4. The van der Waals surface area contributed by atoms with Crippen LogP contribution in [0.25, 0.3) is 0 Å². The summed E-state index contributed by atoms with van der Waals surface area (Å²) in [4.78, 5) is 39.9. The van der Waals surface area contributed by atoms with Gasteiger partial charge < -0.3 is 5.32 Å². The van der Waals surface area contributed by atoms with Gasteiger partial charge in [-0.25, -0.2) is 0 Å². The Morgan fingerprint density at radius 1 is 1.00 bits per heavy atom. The summed E-state index contributed by atoms with van der Waals surface area (Å²) in [6, 6.07) is 22.9.